The first-order chi connectivity index (χ1) is 13.2. The van der Waals surface area contributed by atoms with Gasteiger partial charge in [-0.15, -0.1) is 0 Å². The van der Waals surface area contributed by atoms with Crippen LogP contribution in [-0.4, -0.2) is 11.7 Å². The van der Waals surface area contributed by atoms with Crippen LogP contribution in [0.5, 0.6) is 0 Å². The van der Waals surface area contributed by atoms with Crippen molar-refractivity contribution in [1.29, 1.82) is 0 Å². The topological polar surface area (TPSA) is 20.2 Å². The SMILES string of the molecule is [2H]C([2H])([2H])C([2H])([2H])C([2H])([2H])C([2H])([2H])C([2H])([2H])C([2H])([2H])C([2H])([2H])C([2H])([2H])C([2H])([2H])C([2H])([2H])O. The van der Waals surface area contributed by atoms with E-state index in [0.29, 0.717) is 0 Å². The molecule has 0 aromatic rings. The van der Waals surface area contributed by atoms with E-state index < -0.39 is 64.4 Å². The molecule has 0 aliphatic heterocycles. The molecule has 0 amide bonds. The highest BCUT2D eigenvalue weighted by atomic mass is 16.2. The summed E-state index contributed by atoms with van der Waals surface area (Å²) in [5, 5.41) is 9.29. The third-order valence-electron chi connectivity index (χ3n) is 0.493. The first kappa shape index (κ1) is 1.13. The molecule has 1 heteroatoms. The highest BCUT2D eigenvalue weighted by Gasteiger charge is 1.89. The van der Waals surface area contributed by atoms with E-state index in [1.807, 2.05) is 0 Å². The van der Waals surface area contributed by atoms with Crippen molar-refractivity contribution < 1.29 is 33.9 Å². The fourth-order valence-corrected chi connectivity index (χ4v) is 0.215. The van der Waals surface area contributed by atoms with Gasteiger partial charge in [-0.2, -0.15) is 0 Å². The Morgan fingerprint density at radius 2 is 1.55 bits per heavy atom. The van der Waals surface area contributed by atoms with Crippen molar-refractivity contribution in [1.82, 2.24) is 0 Å². The third-order valence-corrected chi connectivity index (χ3v) is 0.493. The van der Waals surface area contributed by atoms with Crippen LogP contribution in [0.3, 0.4) is 0 Å². The van der Waals surface area contributed by atoms with Gasteiger partial charge in [-0.05, 0) is 6.37 Å². The average molecular weight is 179 g/mol. The van der Waals surface area contributed by atoms with Crippen molar-refractivity contribution in [2.75, 3.05) is 6.56 Å². The Balaban J connectivity index is 7.00. The molecule has 0 rings (SSSR count). The lowest BCUT2D eigenvalue weighted by atomic mass is 10.1. The van der Waals surface area contributed by atoms with Gasteiger partial charge in [-0.25, -0.2) is 0 Å². The standard InChI is InChI=1S/C10H22O/c1-2-3-4-5-6-7-8-9-10-11/h11H,2-10H2,1H3/i1D3,2D2,3D2,4D2,5D2,6D2,7D2,8D2,9D2,10D2. The molecule has 1 nitrogen and oxygen atoms in total. The minimum Gasteiger partial charge on any atom is -0.396 e. The van der Waals surface area contributed by atoms with E-state index in [-0.39, 0.29) is 0 Å². The summed E-state index contributed by atoms with van der Waals surface area (Å²) in [6.45, 7) is -8.07. The van der Waals surface area contributed by atoms with Crippen LogP contribution in [0, 0.1) is 0 Å². The molecule has 0 saturated carbocycles. The van der Waals surface area contributed by atoms with Gasteiger partial charge in [0.25, 0.3) is 0 Å². The zero-order valence-corrected chi connectivity index (χ0v) is 5.45. The quantitative estimate of drug-likeness (QED) is 0.607. The second-order valence-corrected chi connectivity index (χ2v) is 1.11. The van der Waals surface area contributed by atoms with Crippen molar-refractivity contribution in [2.24, 2.45) is 0 Å². The van der Waals surface area contributed by atoms with E-state index in [4.69, 9.17) is 28.8 Å². The van der Waals surface area contributed by atoms with E-state index in [2.05, 4.69) is 0 Å². The Bertz CT molecular complexity index is 632. The molecule has 0 fully saturated rings. The number of aliphatic hydroxyl groups is 1. The summed E-state index contributed by atoms with van der Waals surface area (Å²) in [6.07, 6.45) is -35.6. The molecule has 11 heavy (non-hydrogen) atoms. The van der Waals surface area contributed by atoms with Crippen molar-refractivity contribution in [3.63, 3.8) is 0 Å². The molecule has 0 saturated heterocycles. The summed E-state index contributed by atoms with van der Waals surface area (Å²) in [5.74, 6) is 0. The average Bonchev–Trinajstić information content (AvgIpc) is 2.51. The summed E-state index contributed by atoms with van der Waals surface area (Å²) in [6, 6.07) is 0. The van der Waals surface area contributed by atoms with Gasteiger partial charge in [0.05, 0.1) is 2.74 Å². The molecule has 0 spiro atoms. The van der Waals surface area contributed by atoms with Crippen LogP contribution in [0.15, 0.2) is 0 Å². The van der Waals surface area contributed by atoms with Crippen LogP contribution in [0.2, 0.25) is 0 Å². The monoisotopic (exact) mass is 179 g/mol. The molecular formula is C10H22O. The van der Waals surface area contributed by atoms with E-state index in [9.17, 15) is 5.11 Å². The van der Waals surface area contributed by atoms with Gasteiger partial charge in [0.1, 0.15) is 0 Å². The molecule has 0 aliphatic carbocycles. The Hall–Kier alpha value is -0.0400. The molecule has 0 heterocycles. The number of rotatable bonds is 8. The van der Waals surface area contributed by atoms with Gasteiger partial charge in [-0.3, -0.25) is 0 Å². The Morgan fingerprint density at radius 1 is 1.00 bits per heavy atom. The second kappa shape index (κ2) is 9.96. The van der Waals surface area contributed by atoms with Crippen molar-refractivity contribution in [3.8, 4) is 0 Å². The molecule has 0 unspecified atom stereocenters. The molecule has 0 radical (unpaired) electrons. The lowest BCUT2D eigenvalue weighted by Gasteiger charge is -1.98. The fourth-order valence-electron chi connectivity index (χ4n) is 0.215. The minimum absolute atomic E-state index is 3.91. The molecule has 0 aliphatic rings. The first-order valence-corrected chi connectivity index (χ1v) is 2.47. The van der Waals surface area contributed by atoms with Crippen LogP contribution in [0.1, 0.15) is 86.6 Å². The Morgan fingerprint density at radius 3 is 2.09 bits per heavy atom. The highest BCUT2D eigenvalue weighted by Crippen LogP contribution is 2.07. The van der Waals surface area contributed by atoms with Crippen LogP contribution in [0.4, 0.5) is 0 Å². The number of hydrogen-bond donors (Lipinski definition) is 1. The van der Waals surface area contributed by atoms with E-state index in [0.717, 1.165) is 0 Å². The predicted molar refractivity (Wildman–Crippen MR) is 49.7 cm³/mol. The number of hydrogen-bond acceptors (Lipinski definition) is 1. The van der Waals surface area contributed by atoms with Gasteiger partial charge < -0.3 is 5.11 Å². The van der Waals surface area contributed by atoms with Crippen LogP contribution >= 0.6 is 0 Å². The van der Waals surface area contributed by atoms with Gasteiger partial charge >= 0.3 is 0 Å². The van der Waals surface area contributed by atoms with Gasteiger partial charge in [0.2, 0.25) is 0 Å². The first-order valence-electron chi connectivity index (χ1n) is 13.0. The van der Waals surface area contributed by atoms with Crippen molar-refractivity contribution in [2.45, 2.75) is 57.8 Å². The molecular weight excluding hydrogens is 136 g/mol. The molecule has 0 bridgehead atoms. The summed E-state index contributed by atoms with van der Waals surface area (Å²) >= 11 is 0. The van der Waals surface area contributed by atoms with Crippen molar-refractivity contribution >= 4 is 0 Å². The molecule has 68 valence electrons. The largest absolute Gasteiger partial charge is 0.396 e. The Kier molecular flexibility index (Phi) is 1.03. The van der Waals surface area contributed by atoms with Gasteiger partial charge in [0, 0.05) is 32.6 Å². The lowest BCUT2D eigenvalue weighted by Crippen LogP contribution is -1.83. The second-order valence-electron chi connectivity index (χ2n) is 1.11. The summed E-state index contributed by atoms with van der Waals surface area (Å²) < 4.78 is 158. The summed E-state index contributed by atoms with van der Waals surface area (Å²) in [7, 11) is 0. The lowest BCUT2D eigenvalue weighted by molar-refractivity contribution is 0.282. The molecule has 0 aromatic carbocycles. The molecule has 0 atom stereocenters. The van der Waals surface area contributed by atoms with E-state index in [1.165, 1.54) is 0 Å². The normalized spacial score (nSPS) is 51.5. The Labute approximate surface area is 100 Å². The zero-order chi connectivity index (χ0) is 27.0. The minimum atomic E-state index is -4.61. The van der Waals surface area contributed by atoms with E-state index >= 15 is 0 Å². The highest BCUT2D eigenvalue weighted by molar-refractivity contribution is 4.44. The molecule has 1 N–H and O–H groups in total. The summed E-state index contributed by atoms with van der Waals surface area (Å²) in [4.78, 5) is 0. The maximum atomic E-state index is 9.29. The maximum absolute atomic E-state index is 9.29. The van der Waals surface area contributed by atoms with Gasteiger partial charge in [0.15, 0.2) is 0 Å². The summed E-state index contributed by atoms with van der Waals surface area (Å²) in [5.41, 5.74) is 0. The zero-order valence-electron chi connectivity index (χ0n) is 26.4. The van der Waals surface area contributed by atoms with Crippen LogP contribution in [-0.2, 0) is 0 Å². The van der Waals surface area contributed by atoms with Gasteiger partial charge in [-0.1, -0.05) is 51.5 Å². The predicted octanol–water partition coefficient (Wildman–Crippen LogP) is 3.12. The molecule has 0 aromatic heterocycles. The maximum Gasteiger partial charge on any atom is 0.0564 e. The van der Waals surface area contributed by atoms with Crippen LogP contribution < -0.4 is 0 Å². The fraction of sp³-hybridized carbons (Fsp3) is 1.00. The van der Waals surface area contributed by atoms with E-state index in [1.54, 1.807) is 0 Å². The third kappa shape index (κ3) is 9.96. The smallest absolute Gasteiger partial charge is 0.0564 e. The van der Waals surface area contributed by atoms with Crippen LogP contribution in [0.25, 0.3) is 0 Å². The van der Waals surface area contributed by atoms with Crippen molar-refractivity contribution in [3.05, 3.63) is 0 Å².